The minimum atomic E-state index is -0.656. The van der Waals surface area contributed by atoms with E-state index in [0.717, 1.165) is 10.0 Å². The standard InChI is InChI=1S/C24H17BrN4O2S/c1-32-24-26-21(30)20-17-12-6-8-14-19(17)28(23(31)15-9-3-2-4-10-15)22(29(20)27-24)16-11-5-7-13-18(16)25/h2-14,22H,1H3/p+1. The average molecular weight is 506 g/mol. The molecule has 1 atom stereocenters. The summed E-state index contributed by atoms with van der Waals surface area (Å²) in [6.07, 6.45) is 1.19. The maximum atomic E-state index is 13.9. The first kappa shape index (κ1) is 20.7. The highest BCUT2D eigenvalue weighted by Gasteiger charge is 2.46. The molecule has 0 saturated heterocycles. The van der Waals surface area contributed by atoms with Gasteiger partial charge in [0.25, 0.3) is 12.1 Å². The summed E-state index contributed by atoms with van der Waals surface area (Å²) in [5.74, 6) is -0.176. The highest BCUT2D eigenvalue weighted by molar-refractivity contribution is 9.10. The number of hydrogen-bond donors (Lipinski definition) is 1. The lowest BCUT2D eigenvalue weighted by molar-refractivity contribution is -0.763. The van der Waals surface area contributed by atoms with Gasteiger partial charge in [-0.3, -0.25) is 14.6 Å². The fourth-order valence-corrected chi connectivity index (χ4v) is 4.82. The second-order valence-electron chi connectivity index (χ2n) is 7.21. The maximum absolute atomic E-state index is 13.9. The highest BCUT2D eigenvalue weighted by Crippen LogP contribution is 2.39. The topological polar surface area (TPSA) is 69.9 Å². The number of rotatable bonds is 3. The van der Waals surface area contributed by atoms with Crippen molar-refractivity contribution in [1.82, 2.24) is 10.1 Å². The zero-order valence-electron chi connectivity index (χ0n) is 17.0. The lowest BCUT2D eigenvalue weighted by Gasteiger charge is -2.32. The molecule has 0 aliphatic carbocycles. The first-order chi connectivity index (χ1) is 15.6. The number of thioether (sulfide) groups is 1. The number of carbonyl (C=O) groups is 1. The normalized spacial score (nSPS) is 14.6. The Kier molecular flexibility index (Phi) is 5.40. The Balaban J connectivity index is 1.86. The van der Waals surface area contributed by atoms with Crippen LogP contribution >= 0.6 is 27.7 Å². The number of benzene rings is 3. The number of aromatic nitrogens is 3. The predicted octanol–water partition coefficient (Wildman–Crippen LogP) is 4.42. The van der Waals surface area contributed by atoms with E-state index in [2.05, 4.69) is 20.9 Å². The minimum Gasteiger partial charge on any atom is -0.291 e. The van der Waals surface area contributed by atoms with Crippen molar-refractivity contribution in [3.05, 3.63) is 105 Å². The SMILES string of the molecule is CSc1n[n+]2c(c(=O)[nH]1)-c1ccccc1N(C(=O)c1ccccc1)C2c1ccccc1Br. The number of carbonyl (C=O) groups excluding carboxylic acids is 1. The summed E-state index contributed by atoms with van der Waals surface area (Å²) in [6, 6.07) is 24.3. The minimum absolute atomic E-state index is 0.176. The Morgan fingerprint density at radius 1 is 1.03 bits per heavy atom. The van der Waals surface area contributed by atoms with Gasteiger partial charge in [-0.15, -0.1) is 0 Å². The van der Waals surface area contributed by atoms with E-state index in [1.807, 2.05) is 73.0 Å². The van der Waals surface area contributed by atoms with Crippen molar-refractivity contribution in [3.8, 4) is 11.3 Å². The largest absolute Gasteiger partial charge is 0.325 e. The van der Waals surface area contributed by atoms with Crippen LogP contribution in [0.5, 0.6) is 0 Å². The molecule has 0 saturated carbocycles. The summed E-state index contributed by atoms with van der Waals surface area (Å²) in [7, 11) is 0. The molecule has 158 valence electrons. The van der Waals surface area contributed by atoms with Gasteiger partial charge in [0.2, 0.25) is 5.16 Å². The molecule has 32 heavy (non-hydrogen) atoms. The Morgan fingerprint density at radius 3 is 2.47 bits per heavy atom. The summed E-state index contributed by atoms with van der Waals surface area (Å²) in [5, 5.41) is 5.20. The van der Waals surface area contributed by atoms with E-state index in [9.17, 15) is 9.59 Å². The number of nitrogens with zero attached hydrogens (tertiary/aromatic N) is 3. The molecule has 1 aromatic heterocycles. The number of para-hydroxylation sites is 1. The van der Waals surface area contributed by atoms with Crippen LogP contribution in [0.1, 0.15) is 22.1 Å². The molecule has 1 aliphatic rings. The van der Waals surface area contributed by atoms with Crippen molar-refractivity contribution in [2.24, 2.45) is 0 Å². The smallest absolute Gasteiger partial charge is 0.291 e. The van der Waals surface area contributed by atoms with Gasteiger partial charge in [-0.25, -0.2) is 4.90 Å². The molecular weight excluding hydrogens is 488 g/mol. The van der Waals surface area contributed by atoms with E-state index >= 15 is 0 Å². The summed E-state index contributed by atoms with van der Waals surface area (Å²) >= 11 is 4.98. The van der Waals surface area contributed by atoms with E-state index in [4.69, 9.17) is 5.10 Å². The molecule has 0 bridgehead atoms. The van der Waals surface area contributed by atoms with Crippen LogP contribution in [-0.4, -0.2) is 22.2 Å². The van der Waals surface area contributed by atoms with Gasteiger partial charge in [0.15, 0.2) is 0 Å². The van der Waals surface area contributed by atoms with Gasteiger partial charge in [-0.1, -0.05) is 70.2 Å². The number of halogens is 1. The first-order valence-electron chi connectivity index (χ1n) is 9.92. The second-order valence-corrected chi connectivity index (χ2v) is 8.86. The predicted molar refractivity (Wildman–Crippen MR) is 128 cm³/mol. The Hall–Kier alpha value is -3.23. The van der Waals surface area contributed by atoms with Crippen LogP contribution in [0.2, 0.25) is 0 Å². The lowest BCUT2D eigenvalue weighted by Crippen LogP contribution is -2.61. The van der Waals surface area contributed by atoms with Crippen LogP contribution in [0.25, 0.3) is 11.3 Å². The molecule has 1 amide bonds. The van der Waals surface area contributed by atoms with Gasteiger partial charge < -0.3 is 0 Å². The number of hydrogen-bond acceptors (Lipinski definition) is 4. The van der Waals surface area contributed by atoms with Gasteiger partial charge in [0.1, 0.15) is 0 Å². The number of aromatic amines is 1. The zero-order chi connectivity index (χ0) is 22.2. The fourth-order valence-electron chi connectivity index (χ4n) is 3.97. The first-order valence-corrected chi connectivity index (χ1v) is 11.9. The number of nitrogens with one attached hydrogen (secondary N) is 1. The third-order valence-corrected chi connectivity index (χ3v) is 6.67. The average Bonchev–Trinajstić information content (AvgIpc) is 2.83. The molecule has 0 radical (unpaired) electrons. The van der Waals surface area contributed by atoms with Crippen molar-refractivity contribution in [1.29, 1.82) is 0 Å². The summed E-state index contributed by atoms with van der Waals surface area (Å²) < 4.78 is 2.48. The molecule has 8 heteroatoms. The Bertz CT molecular complexity index is 1390. The third-order valence-electron chi connectivity index (χ3n) is 5.37. The van der Waals surface area contributed by atoms with Crippen LogP contribution in [0.4, 0.5) is 5.69 Å². The van der Waals surface area contributed by atoms with E-state index < -0.39 is 6.17 Å². The number of H-pyrrole nitrogens is 1. The molecule has 1 unspecified atom stereocenters. The van der Waals surface area contributed by atoms with Crippen molar-refractivity contribution in [2.45, 2.75) is 11.3 Å². The van der Waals surface area contributed by atoms with Crippen LogP contribution in [0.15, 0.2) is 93.3 Å². The molecule has 6 nitrogen and oxygen atoms in total. The van der Waals surface area contributed by atoms with Crippen LogP contribution in [0.3, 0.4) is 0 Å². The van der Waals surface area contributed by atoms with Gasteiger partial charge in [-0.2, -0.15) is 0 Å². The molecule has 5 rings (SSSR count). The molecule has 0 spiro atoms. The fraction of sp³-hybridized carbons (Fsp3) is 0.0833. The van der Waals surface area contributed by atoms with Crippen LogP contribution < -0.4 is 15.1 Å². The molecule has 0 fully saturated rings. The molecule has 1 aliphatic heterocycles. The quantitative estimate of drug-likeness (QED) is 0.330. The lowest BCUT2D eigenvalue weighted by atomic mass is 10.0. The van der Waals surface area contributed by atoms with E-state index in [1.54, 1.807) is 21.7 Å². The summed E-state index contributed by atoms with van der Waals surface area (Å²) in [6.45, 7) is 0. The number of anilines is 1. The monoisotopic (exact) mass is 505 g/mol. The summed E-state index contributed by atoms with van der Waals surface area (Å²) in [4.78, 5) is 31.6. The highest BCUT2D eigenvalue weighted by atomic mass is 79.9. The van der Waals surface area contributed by atoms with Crippen molar-refractivity contribution >= 4 is 39.3 Å². The Labute approximate surface area is 197 Å². The van der Waals surface area contributed by atoms with Crippen LogP contribution in [-0.2, 0) is 0 Å². The van der Waals surface area contributed by atoms with Gasteiger partial charge >= 0.3 is 11.3 Å². The van der Waals surface area contributed by atoms with Gasteiger partial charge in [-0.05, 0) is 47.3 Å². The maximum Gasteiger partial charge on any atom is 0.325 e. The van der Waals surface area contributed by atoms with Gasteiger partial charge in [0.05, 0.1) is 16.8 Å². The van der Waals surface area contributed by atoms with E-state index in [1.165, 1.54) is 11.8 Å². The van der Waals surface area contributed by atoms with Crippen molar-refractivity contribution in [3.63, 3.8) is 0 Å². The summed E-state index contributed by atoms with van der Waals surface area (Å²) in [5.41, 5.74) is 2.85. The van der Waals surface area contributed by atoms with Gasteiger partial charge in [0, 0.05) is 15.1 Å². The number of amides is 1. The molecular formula is C24H18BrN4O2S+. The molecule has 4 aromatic rings. The molecule has 1 N–H and O–H groups in total. The number of fused-ring (bicyclic) bond motifs is 3. The third kappa shape index (κ3) is 3.36. The van der Waals surface area contributed by atoms with E-state index in [-0.39, 0.29) is 11.5 Å². The molecule has 2 heterocycles. The van der Waals surface area contributed by atoms with E-state index in [0.29, 0.717) is 27.7 Å². The van der Waals surface area contributed by atoms with Crippen molar-refractivity contribution in [2.75, 3.05) is 11.2 Å². The van der Waals surface area contributed by atoms with Crippen molar-refractivity contribution < 1.29 is 9.48 Å². The second kappa shape index (κ2) is 8.37. The Morgan fingerprint density at radius 2 is 1.72 bits per heavy atom. The molecule has 3 aromatic carbocycles. The zero-order valence-corrected chi connectivity index (χ0v) is 19.4. The van der Waals surface area contributed by atoms with Crippen LogP contribution in [0, 0.1) is 0 Å².